The van der Waals surface area contributed by atoms with Crippen LogP contribution in [0.4, 0.5) is 0 Å². The second-order valence-electron chi connectivity index (χ2n) is 3.80. The van der Waals surface area contributed by atoms with Gasteiger partial charge in [-0.15, -0.1) is 22.7 Å². The van der Waals surface area contributed by atoms with Gasteiger partial charge in [0.05, 0.1) is 11.7 Å². The molecule has 2 aromatic heterocycles. The van der Waals surface area contributed by atoms with E-state index in [4.69, 9.17) is 5.73 Å². The van der Waals surface area contributed by atoms with Gasteiger partial charge in [0.25, 0.3) is 0 Å². The van der Waals surface area contributed by atoms with E-state index in [9.17, 15) is 0 Å². The summed E-state index contributed by atoms with van der Waals surface area (Å²) in [4.78, 5) is 5.79. The molecule has 0 aliphatic rings. The smallest absolute Gasteiger partial charge is 0.109 e. The van der Waals surface area contributed by atoms with Crippen LogP contribution in [-0.4, -0.2) is 4.98 Å². The summed E-state index contributed by atoms with van der Waals surface area (Å²) in [6.45, 7) is 3.62. The number of nitrogens with one attached hydrogen (secondary N) is 1. The second-order valence-corrected chi connectivity index (χ2v) is 6.60. The highest BCUT2D eigenvalue weighted by Gasteiger charge is 2.05. The van der Waals surface area contributed by atoms with Crippen molar-refractivity contribution in [3.8, 4) is 0 Å². The summed E-state index contributed by atoms with van der Waals surface area (Å²) in [5, 5.41) is 8.53. The van der Waals surface area contributed by atoms with E-state index < -0.39 is 0 Å². The van der Waals surface area contributed by atoms with E-state index >= 15 is 0 Å². The minimum absolute atomic E-state index is 0.0296. The van der Waals surface area contributed by atoms with Crippen molar-refractivity contribution in [1.82, 2.24) is 10.3 Å². The molecule has 0 spiro atoms. The molecule has 0 saturated heterocycles. The van der Waals surface area contributed by atoms with Crippen molar-refractivity contribution in [2.24, 2.45) is 5.73 Å². The summed E-state index contributed by atoms with van der Waals surface area (Å²) < 4.78 is 1.15. The fraction of sp³-hybridized carbons (Fsp3) is 0.364. The number of nitrogens with two attached hydrogens (primary N) is 1. The maximum atomic E-state index is 5.77. The van der Waals surface area contributed by atoms with Crippen LogP contribution in [0.5, 0.6) is 0 Å². The number of rotatable bonds is 5. The van der Waals surface area contributed by atoms with Crippen molar-refractivity contribution < 1.29 is 0 Å². The summed E-state index contributed by atoms with van der Waals surface area (Å²) in [5.74, 6) is 0. The summed E-state index contributed by atoms with van der Waals surface area (Å²) in [6, 6.07) is 2.16. The molecule has 0 amide bonds. The predicted molar refractivity (Wildman–Crippen MR) is 77.3 cm³/mol. The average molecular weight is 332 g/mol. The normalized spacial score (nSPS) is 12.9. The van der Waals surface area contributed by atoms with Crippen LogP contribution in [0.2, 0.25) is 0 Å². The molecule has 1 atom stereocenters. The Hall–Kier alpha value is -0.270. The second kappa shape index (κ2) is 6.06. The number of halogens is 1. The lowest BCUT2D eigenvalue weighted by atomic mass is 10.4. The first kappa shape index (κ1) is 13.2. The van der Waals surface area contributed by atoms with Crippen LogP contribution >= 0.6 is 38.6 Å². The van der Waals surface area contributed by atoms with Gasteiger partial charge in [0.1, 0.15) is 5.01 Å². The Morgan fingerprint density at radius 1 is 1.41 bits per heavy atom. The van der Waals surface area contributed by atoms with E-state index in [0.717, 1.165) is 28.3 Å². The van der Waals surface area contributed by atoms with Gasteiger partial charge >= 0.3 is 0 Å². The SMILES string of the molecule is CC(N)c1nc(CNCc2cc(Br)cs2)cs1. The molecule has 17 heavy (non-hydrogen) atoms. The van der Waals surface area contributed by atoms with E-state index in [1.54, 1.807) is 22.7 Å². The third-order valence-electron chi connectivity index (χ3n) is 2.19. The third-order valence-corrected chi connectivity index (χ3v) is 4.98. The van der Waals surface area contributed by atoms with E-state index in [1.807, 2.05) is 6.92 Å². The van der Waals surface area contributed by atoms with Crippen LogP contribution in [0.15, 0.2) is 21.3 Å². The molecule has 3 nitrogen and oxygen atoms in total. The van der Waals surface area contributed by atoms with Crippen LogP contribution in [0.25, 0.3) is 0 Å². The molecule has 2 aromatic rings. The first-order valence-corrected chi connectivity index (χ1v) is 7.84. The maximum absolute atomic E-state index is 5.77. The number of thiophene rings is 1. The van der Waals surface area contributed by atoms with Gasteiger partial charge in [0, 0.05) is 33.2 Å². The van der Waals surface area contributed by atoms with E-state index in [0.29, 0.717) is 0 Å². The summed E-state index contributed by atoms with van der Waals surface area (Å²) in [6.07, 6.45) is 0. The minimum Gasteiger partial charge on any atom is -0.322 e. The van der Waals surface area contributed by atoms with Crippen LogP contribution in [0, 0.1) is 0 Å². The Kier molecular flexibility index (Phi) is 4.69. The van der Waals surface area contributed by atoms with E-state index in [-0.39, 0.29) is 6.04 Å². The zero-order valence-electron chi connectivity index (χ0n) is 9.44. The van der Waals surface area contributed by atoms with Gasteiger partial charge in [-0.3, -0.25) is 0 Å². The first-order valence-electron chi connectivity index (χ1n) is 5.28. The molecule has 0 fully saturated rings. The predicted octanol–water partition coefficient (Wildman–Crippen LogP) is 3.28. The van der Waals surface area contributed by atoms with Gasteiger partial charge in [0.15, 0.2) is 0 Å². The lowest BCUT2D eigenvalue weighted by Crippen LogP contribution is -2.12. The summed E-state index contributed by atoms with van der Waals surface area (Å²) >= 11 is 6.82. The zero-order chi connectivity index (χ0) is 12.3. The standard InChI is InChI=1S/C11H14BrN3S2/c1-7(13)11-15-9(6-17-11)3-14-4-10-2-8(12)5-16-10/h2,5-7,14H,3-4,13H2,1H3. The van der Waals surface area contributed by atoms with Crippen molar-refractivity contribution in [1.29, 1.82) is 0 Å². The first-order chi connectivity index (χ1) is 8.15. The molecule has 1 unspecified atom stereocenters. The van der Waals surface area contributed by atoms with Gasteiger partial charge in [-0.25, -0.2) is 4.98 Å². The molecule has 0 radical (unpaired) electrons. The fourth-order valence-electron chi connectivity index (χ4n) is 1.37. The molecular weight excluding hydrogens is 318 g/mol. The Morgan fingerprint density at radius 3 is 2.82 bits per heavy atom. The number of hydrogen-bond acceptors (Lipinski definition) is 5. The van der Waals surface area contributed by atoms with Gasteiger partial charge in [0.2, 0.25) is 0 Å². The summed E-state index contributed by atoms with van der Waals surface area (Å²) in [5.41, 5.74) is 6.84. The Balaban J connectivity index is 1.81. The monoisotopic (exact) mass is 331 g/mol. The molecule has 0 aromatic carbocycles. The number of thiazole rings is 1. The topological polar surface area (TPSA) is 50.9 Å². The van der Waals surface area contributed by atoms with Crippen LogP contribution < -0.4 is 11.1 Å². The highest BCUT2D eigenvalue weighted by Crippen LogP contribution is 2.20. The van der Waals surface area contributed by atoms with E-state index in [1.165, 1.54) is 4.88 Å². The molecule has 0 bridgehead atoms. The highest BCUT2D eigenvalue weighted by atomic mass is 79.9. The van der Waals surface area contributed by atoms with Crippen molar-refractivity contribution >= 4 is 38.6 Å². The molecule has 2 heterocycles. The molecule has 6 heteroatoms. The largest absolute Gasteiger partial charge is 0.322 e. The van der Waals surface area contributed by atoms with Crippen molar-refractivity contribution in [2.45, 2.75) is 26.1 Å². The zero-order valence-corrected chi connectivity index (χ0v) is 12.7. The Labute approximate surface area is 117 Å². The average Bonchev–Trinajstić information content (AvgIpc) is 2.88. The van der Waals surface area contributed by atoms with Gasteiger partial charge < -0.3 is 11.1 Å². The van der Waals surface area contributed by atoms with Gasteiger partial charge in [-0.2, -0.15) is 0 Å². The quantitative estimate of drug-likeness (QED) is 0.883. The molecular formula is C11H14BrN3S2. The molecule has 0 saturated carbocycles. The van der Waals surface area contributed by atoms with Crippen LogP contribution in [0.3, 0.4) is 0 Å². The maximum Gasteiger partial charge on any atom is 0.109 e. The Morgan fingerprint density at radius 2 is 2.24 bits per heavy atom. The van der Waals surface area contributed by atoms with Crippen molar-refractivity contribution in [3.05, 3.63) is 36.9 Å². The third kappa shape index (κ3) is 3.86. The molecule has 2 rings (SSSR count). The number of aromatic nitrogens is 1. The molecule has 0 aliphatic carbocycles. The molecule has 92 valence electrons. The summed E-state index contributed by atoms with van der Waals surface area (Å²) in [7, 11) is 0. The molecule has 3 N–H and O–H groups in total. The number of nitrogens with zero attached hydrogens (tertiary/aromatic N) is 1. The van der Waals surface area contributed by atoms with E-state index in [2.05, 4.69) is 43.1 Å². The number of hydrogen-bond donors (Lipinski definition) is 2. The van der Waals surface area contributed by atoms with Crippen LogP contribution in [0.1, 0.15) is 28.5 Å². The minimum atomic E-state index is 0.0296. The lowest BCUT2D eigenvalue weighted by Gasteiger charge is -2.00. The Bertz CT molecular complexity index is 479. The van der Waals surface area contributed by atoms with Crippen molar-refractivity contribution in [2.75, 3.05) is 0 Å². The fourth-order valence-corrected chi connectivity index (χ4v) is 3.57. The van der Waals surface area contributed by atoms with Gasteiger partial charge in [-0.1, -0.05) is 0 Å². The molecule has 0 aliphatic heterocycles. The van der Waals surface area contributed by atoms with Crippen LogP contribution in [-0.2, 0) is 13.1 Å². The van der Waals surface area contributed by atoms with Crippen molar-refractivity contribution in [3.63, 3.8) is 0 Å². The van der Waals surface area contributed by atoms with Gasteiger partial charge in [-0.05, 0) is 28.9 Å². The highest BCUT2D eigenvalue weighted by molar-refractivity contribution is 9.10. The lowest BCUT2D eigenvalue weighted by molar-refractivity contribution is 0.683.